The lowest BCUT2D eigenvalue weighted by atomic mass is 10.1. The molecule has 0 spiro atoms. The highest BCUT2D eigenvalue weighted by Gasteiger charge is 2.19. The van der Waals surface area contributed by atoms with Gasteiger partial charge in [0.1, 0.15) is 5.69 Å². The third kappa shape index (κ3) is 5.32. The van der Waals surface area contributed by atoms with Crippen molar-refractivity contribution >= 4 is 38.3 Å². The van der Waals surface area contributed by atoms with Crippen molar-refractivity contribution in [1.82, 2.24) is 10.0 Å². The average Bonchev–Trinajstić information content (AvgIpc) is 3.25. The van der Waals surface area contributed by atoms with Crippen molar-refractivity contribution in [1.29, 1.82) is 0 Å². The maximum atomic E-state index is 11.6. The van der Waals surface area contributed by atoms with E-state index in [0.29, 0.717) is 27.2 Å². The first-order valence-corrected chi connectivity index (χ1v) is 12.4. The summed E-state index contributed by atoms with van der Waals surface area (Å²) in [4.78, 5) is 5.57. The summed E-state index contributed by atoms with van der Waals surface area (Å²) in [6.07, 6.45) is 0. The monoisotopic (exact) mass is 497 g/mol. The predicted octanol–water partition coefficient (Wildman–Crippen LogP) is 5.02. The fraction of sp³-hybridized carbons (Fsp3) is 0.0435. The summed E-state index contributed by atoms with van der Waals surface area (Å²) in [7, 11) is -2.34. The number of hydroxylamine groups is 2. The molecule has 0 unspecified atom stereocenters. The molecule has 3 N–H and O–H groups in total. The summed E-state index contributed by atoms with van der Waals surface area (Å²) in [6.45, 7) is 0. The number of primary sulfonamides is 1. The number of thiocarbonyl (C=S) groups is 1. The number of aromatic nitrogens is 1. The van der Waals surface area contributed by atoms with E-state index in [2.05, 4.69) is 0 Å². The predicted molar refractivity (Wildman–Crippen MR) is 132 cm³/mol. The quantitative estimate of drug-likeness (QED) is 0.225. The van der Waals surface area contributed by atoms with Crippen LogP contribution < -0.4 is 5.14 Å². The molecule has 10 heteroatoms. The van der Waals surface area contributed by atoms with Gasteiger partial charge in [-0.1, -0.05) is 60.4 Å². The fourth-order valence-corrected chi connectivity index (χ4v) is 4.56. The lowest BCUT2D eigenvalue weighted by Gasteiger charge is -2.10. The number of hydrogen-bond acceptors (Lipinski definition) is 7. The summed E-state index contributed by atoms with van der Waals surface area (Å²) >= 11 is 6.39. The zero-order valence-electron chi connectivity index (χ0n) is 17.4. The van der Waals surface area contributed by atoms with Gasteiger partial charge in [0.25, 0.3) is 0 Å². The molecular weight excluding hydrogens is 478 g/mol. The van der Waals surface area contributed by atoms with Gasteiger partial charge in [-0.05, 0) is 42.5 Å². The number of hydrogen-bond donors (Lipinski definition) is 2. The normalized spacial score (nSPS) is 11.4. The largest absolute Gasteiger partial charge is 0.435 e. The van der Waals surface area contributed by atoms with Crippen LogP contribution in [0.25, 0.3) is 34.0 Å². The number of rotatable bonds is 5. The van der Waals surface area contributed by atoms with Crippen molar-refractivity contribution < 1.29 is 18.0 Å². The molecule has 0 radical (unpaired) electrons. The maximum absolute atomic E-state index is 11.6. The minimum absolute atomic E-state index is 0.0156. The molecule has 33 heavy (non-hydrogen) atoms. The summed E-state index contributed by atoms with van der Waals surface area (Å²) in [5.74, 6) is 0.894. The molecule has 0 saturated carbocycles. The summed E-state index contributed by atoms with van der Waals surface area (Å²) in [5, 5.41) is 15.6. The molecule has 7 nitrogen and oxygen atoms in total. The van der Waals surface area contributed by atoms with Gasteiger partial charge in [-0.3, -0.25) is 5.21 Å². The molecule has 4 aromatic rings. The Morgan fingerprint density at radius 3 is 2.30 bits per heavy atom. The van der Waals surface area contributed by atoms with Gasteiger partial charge in [0, 0.05) is 28.6 Å². The van der Waals surface area contributed by atoms with Gasteiger partial charge < -0.3 is 4.42 Å². The van der Waals surface area contributed by atoms with E-state index in [1.807, 2.05) is 54.6 Å². The Labute approximate surface area is 200 Å². The van der Waals surface area contributed by atoms with Gasteiger partial charge in [0.15, 0.2) is 10.1 Å². The number of thioether (sulfide) groups is 1. The van der Waals surface area contributed by atoms with Crippen LogP contribution in [0.3, 0.4) is 0 Å². The van der Waals surface area contributed by atoms with Crippen molar-refractivity contribution in [3.05, 3.63) is 78.9 Å². The third-order valence-electron chi connectivity index (χ3n) is 4.67. The first kappa shape index (κ1) is 23.1. The first-order chi connectivity index (χ1) is 15.7. The van der Waals surface area contributed by atoms with Crippen LogP contribution in [0.1, 0.15) is 0 Å². The zero-order chi connectivity index (χ0) is 23.6. The first-order valence-electron chi connectivity index (χ1n) is 9.67. The number of sulfonamides is 1. The molecule has 1 heterocycles. The van der Waals surface area contributed by atoms with E-state index in [1.165, 1.54) is 30.9 Å². The Hall–Kier alpha value is -3.02. The second-order valence-electron chi connectivity index (χ2n) is 7.05. The van der Waals surface area contributed by atoms with E-state index in [1.54, 1.807) is 12.1 Å². The van der Waals surface area contributed by atoms with Crippen LogP contribution in [0.4, 0.5) is 0 Å². The SMILES string of the molecule is CN(O)C(=S)Sc1cccc(-c2nc(-c3ccccc3)c(-c3ccc(S(N)(=O)=O)cc3)o2)c1. The van der Waals surface area contributed by atoms with E-state index in [4.69, 9.17) is 26.8 Å². The van der Waals surface area contributed by atoms with Crippen LogP contribution in [0.15, 0.2) is 93.1 Å². The maximum Gasteiger partial charge on any atom is 0.238 e. The molecule has 3 aromatic carbocycles. The molecule has 0 aliphatic carbocycles. The zero-order valence-corrected chi connectivity index (χ0v) is 19.8. The number of nitrogens with zero attached hydrogens (tertiary/aromatic N) is 2. The van der Waals surface area contributed by atoms with Crippen molar-refractivity contribution in [3.8, 4) is 34.0 Å². The van der Waals surface area contributed by atoms with Gasteiger partial charge >= 0.3 is 0 Å². The van der Waals surface area contributed by atoms with Gasteiger partial charge in [0.2, 0.25) is 15.9 Å². The van der Waals surface area contributed by atoms with Gasteiger partial charge in [0.05, 0.1) is 4.90 Å². The van der Waals surface area contributed by atoms with E-state index in [-0.39, 0.29) is 4.90 Å². The Balaban J connectivity index is 1.79. The average molecular weight is 498 g/mol. The molecular formula is C23H19N3O4S3. The van der Waals surface area contributed by atoms with Gasteiger partial charge in [-0.15, -0.1) is 0 Å². The molecule has 1 aromatic heterocycles. The Morgan fingerprint density at radius 1 is 1.00 bits per heavy atom. The topological polar surface area (TPSA) is 110 Å². The van der Waals surface area contributed by atoms with Crippen molar-refractivity contribution in [2.45, 2.75) is 9.79 Å². The van der Waals surface area contributed by atoms with Crippen LogP contribution in [0, 0.1) is 0 Å². The fourth-order valence-electron chi connectivity index (χ4n) is 3.09. The van der Waals surface area contributed by atoms with Crippen LogP contribution in [-0.2, 0) is 10.0 Å². The lowest BCUT2D eigenvalue weighted by molar-refractivity contribution is 0.0205. The van der Waals surface area contributed by atoms with Crippen molar-refractivity contribution in [2.75, 3.05) is 7.05 Å². The van der Waals surface area contributed by atoms with Gasteiger partial charge in [-0.2, -0.15) is 0 Å². The standard InChI is InChI=1S/C23H19N3O4S3/c1-26(27)23(31)32-18-9-5-8-17(14-18)22-25-20(15-6-3-2-4-7-15)21(30-22)16-10-12-19(13-11-16)33(24,28)29/h2-14,27H,1H3,(H2,24,28,29). The molecule has 0 aliphatic rings. The molecule has 168 valence electrons. The van der Waals surface area contributed by atoms with Crippen LogP contribution in [0.2, 0.25) is 0 Å². The van der Waals surface area contributed by atoms with E-state index in [9.17, 15) is 13.6 Å². The minimum atomic E-state index is -3.80. The minimum Gasteiger partial charge on any atom is -0.435 e. The Morgan fingerprint density at radius 2 is 1.67 bits per heavy atom. The number of benzene rings is 3. The smallest absolute Gasteiger partial charge is 0.238 e. The highest BCUT2D eigenvalue weighted by molar-refractivity contribution is 8.22. The van der Waals surface area contributed by atoms with E-state index in [0.717, 1.165) is 21.1 Å². The number of oxazole rings is 1. The highest BCUT2D eigenvalue weighted by Crippen LogP contribution is 2.37. The summed E-state index contributed by atoms with van der Waals surface area (Å²) in [5.41, 5.74) is 2.87. The molecule has 0 saturated heterocycles. The van der Waals surface area contributed by atoms with Crippen molar-refractivity contribution in [2.24, 2.45) is 5.14 Å². The molecule has 0 atom stereocenters. The summed E-state index contributed by atoms with van der Waals surface area (Å²) < 4.78 is 29.7. The Bertz CT molecular complexity index is 1400. The molecule has 0 fully saturated rings. The molecule has 0 aliphatic heterocycles. The second kappa shape index (κ2) is 9.46. The van der Waals surface area contributed by atoms with Crippen molar-refractivity contribution in [3.63, 3.8) is 0 Å². The summed E-state index contributed by atoms with van der Waals surface area (Å²) in [6, 6.07) is 23.2. The Kier molecular flexibility index (Phi) is 6.63. The molecule has 4 rings (SSSR count). The molecule has 0 amide bonds. The number of nitrogens with two attached hydrogens (primary N) is 1. The van der Waals surface area contributed by atoms with E-state index < -0.39 is 10.0 Å². The highest BCUT2D eigenvalue weighted by atomic mass is 32.2. The van der Waals surface area contributed by atoms with E-state index >= 15 is 0 Å². The lowest BCUT2D eigenvalue weighted by Crippen LogP contribution is -2.16. The van der Waals surface area contributed by atoms with Crippen LogP contribution in [0.5, 0.6) is 0 Å². The molecule has 0 bridgehead atoms. The second-order valence-corrected chi connectivity index (χ2v) is 10.3. The van der Waals surface area contributed by atoms with Crippen LogP contribution >= 0.6 is 24.0 Å². The van der Waals surface area contributed by atoms with Crippen LogP contribution in [-0.4, -0.2) is 35.0 Å². The third-order valence-corrected chi connectivity index (χ3v) is 7.04. The van der Waals surface area contributed by atoms with Gasteiger partial charge in [-0.25, -0.2) is 23.6 Å².